The molecule has 0 aromatic carbocycles. The van der Waals surface area contributed by atoms with Crippen LogP contribution in [0.2, 0.25) is 22.2 Å². The zero-order chi connectivity index (χ0) is 14.6. The lowest BCUT2D eigenvalue weighted by Gasteiger charge is -2.50. The fraction of sp³-hybridized carbons (Fsp3) is 1.00. The Balaban J connectivity index is 4.78. The summed E-state index contributed by atoms with van der Waals surface area (Å²) in [5.41, 5.74) is 1.74. The molecule has 0 aliphatic carbocycles. The highest BCUT2D eigenvalue weighted by molar-refractivity contribution is 6.84. The Labute approximate surface area is 117 Å². The first-order valence-electron chi connectivity index (χ1n) is 7.79. The zero-order valence-electron chi connectivity index (χ0n) is 14.4. The van der Waals surface area contributed by atoms with Gasteiger partial charge < -0.3 is 5.32 Å². The monoisotopic (exact) mass is 271 g/mol. The van der Waals surface area contributed by atoms with Crippen molar-refractivity contribution >= 4 is 8.07 Å². The van der Waals surface area contributed by atoms with E-state index in [4.69, 9.17) is 0 Å². The summed E-state index contributed by atoms with van der Waals surface area (Å²) < 4.78 is 0. The van der Waals surface area contributed by atoms with Crippen molar-refractivity contribution in [2.75, 3.05) is 6.54 Å². The first-order chi connectivity index (χ1) is 8.05. The molecule has 18 heavy (non-hydrogen) atoms. The lowest BCUT2D eigenvalue weighted by atomic mass is 10.2. The molecule has 0 aliphatic rings. The number of nitrogens with one attached hydrogen (secondary N) is 1. The Kier molecular flexibility index (Phi) is 7.16. The second kappa shape index (κ2) is 7.09. The third-order valence-electron chi connectivity index (χ3n) is 4.78. The van der Waals surface area contributed by atoms with Crippen LogP contribution in [0.25, 0.3) is 0 Å². The van der Waals surface area contributed by atoms with Crippen molar-refractivity contribution in [1.82, 2.24) is 5.32 Å². The molecule has 0 amide bonds. The average Bonchev–Trinajstić information content (AvgIpc) is 2.13. The molecule has 0 spiro atoms. The Morgan fingerprint density at radius 3 is 1.61 bits per heavy atom. The summed E-state index contributed by atoms with van der Waals surface area (Å²) in [6.45, 7) is 23.0. The van der Waals surface area contributed by atoms with E-state index in [0.29, 0.717) is 11.1 Å². The molecule has 0 aromatic heterocycles. The van der Waals surface area contributed by atoms with Crippen LogP contribution in [-0.4, -0.2) is 20.7 Å². The van der Waals surface area contributed by atoms with Crippen molar-refractivity contribution in [2.45, 2.75) is 96.9 Å². The van der Waals surface area contributed by atoms with Gasteiger partial charge in [0.05, 0.1) is 8.07 Å². The van der Waals surface area contributed by atoms with Gasteiger partial charge in [0, 0.05) is 6.04 Å². The minimum absolute atomic E-state index is 0.507. The van der Waals surface area contributed by atoms with Gasteiger partial charge in [-0.25, -0.2) is 0 Å². The SMILES string of the molecule is CC(C)NCCC[Si](C(C)C)(C(C)C)C(C)(C)C. The Morgan fingerprint density at radius 2 is 1.33 bits per heavy atom. The molecule has 1 nitrogen and oxygen atoms in total. The maximum Gasteiger partial charge on any atom is 0.0641 e. The molecular weight excluding hydrogens is 234 g/mol. The van der Waals surface area contributed by atoms with Gasteiger partial charge in [-0.2, -0.15) is 0 Å². The first kappa shape index (κ1) is 18.2. The fourth-order valence-corrected chi connectivity index (χ4v) is 11.6. The van der Waals surface area contributed by atoms with Crippen LogP contribution < -0.4 is 5.32 Å². The summed E-state index contributed by atoms with van der Waals surface area (Å²) in [6.07, 6.45) is 1.35. The highest BCUT2D eigenvalue weighted by Crippen LogP contribution is 2.52. The third-order valence-corrected chi connectivity index (χ3v) is 12.9. The molecule has 0 bridgehead atoms. The van der Waals surface area contributed by atoms with Crippen LogP contribution in [0.15, 0.2) is 0 Å². The lowest BCUT2D eigenvalue weighted by Crippen LogP contribution is -2.49. The Bertz CT molecular complexity index is 218. The molecule has 0 saturated carbocycles. The normalized spacial score (nSPS) is 14.0. The van der Waals surface area contributed by atoms with E-state index in [1.54, 1.807) is 0 Å². The minimum atomic E-state index is -1.26. The maximum absolute atomic E-state index is 3.57. The zero-order valence-corrected chi connectivity index (χ0v) is 15.4. The van der Waals surface area contributed by atoms with E-state index >= 15 is 0 Å². The average molecular weight is 272 g/mol. The van der Waals surface area contributed by atoms with Gasteiger partial charge in [-0.3, -0.25) is 0 Å². The van der Waals surface area contributed by atoms with E-state index in [-0.39, 0.29) is 0 Å². The number of hydrogen-bond acceptors (Lipinski definition) is 1. The lowest BCUT2D eigenvalue weighted by molar-refractivity contribution is 0.570. The topological polar surface area (TPSA) is 12.0 Å². The molecule has 0 rings (SSSR count). The Hall–Kier alpha value is 0.177. The highest BCUT2D eigenvalue weighted by atomic mass is 28.3. The van der Waals surface area contributed by atoms with Crippen molar-refractivity contribution in [3.8, 4) is 0 Å². The van der Waals surface area contributed by atoms with Gasteiger partial charge in [-0.05, 0) is 18.0 Å². The smallest absolute Gasteiger partial charge is 0.0641 e. The quantitative estimate of drug-likeness (QED) is 0.480. The standard InChI is InChI=1S/C16H37NSi/c1-13(2)17-11-10-12-18(14(3)4,15(5)6)16(7,8)9/h13-15,17H,10-12H2,1-9H3. The van der Waals surface area contributed by atoms with E-state index in [9.17, 15) is 0 Å². The molecular formula is C16H37NSi. The van der Waals surface area contributed by atoms with Gasteiger partial charge in [0.25, 0.3) is 0 Å². The van der Waals surface area contributed by atoms with Crippen LogP contribution >= 0.6 is 0 Å². The second-order valence-electron chi connectivity index (χ2n) is 7.81. The highest BCUT2D eigenvalue weighted by Gasteiger charge is 2.48. The molecule has 0 aliphatic heterocycles. The summed E-state index contributed by atoms with van der Waals surface area (Å²) in [7, 11) is -1.26. The summed E-state index contributed by atoms with van der Waals surface area (Å²) in [5, 5.41) is 4.08. The van der Waals surface area contributed by atoms with Crippen LogP contribution in [0.5, 0.6) is 0 Å². The van der Waals surface area contributed by atoms with Crippen molar-refractivity contribution < 1.29 is 0 Å². The van der Waals surface area contributed by atoms with Crippen LogP contribution in [0, 0.1) is 0 Å². The maximum atomic E-state index is 3.57. The van der Waals surface area contributed by atoms with Crippen LogP contribution in [0.3, 0.4) is 0 Å². The van der Waals surface area contributed by atoms with E-state index in [1.807, 2.05) is 0 Å². The predicted octanol–water partition coefficient (Wildman–Crippen LogP) is 5.44. The number of rotatable bonds is 7. The van der Waals surface area contributed by atoms with E-state index < -0.39 is 8.07 Å². The van der Waals surface area contributed by atoms with Crippen LogP contribution in [0.1, 0.15) is 68.7 Å². The van der Waals surface area contributed by atoms with Crippen LogP contribution in [0.4, 0.5) is 0 Å². The molecule has 0 aromatic rings. The Morgan fingerprint density at radius 1 is 0.889 bits per heavy atom. The molecule has 0 saturated heterocycles. The van der Waals surface area contributed by atoms with Crippen LogP contribution in [-0.2, 0) is 0 Å². The van der Waals surface area contributed by atoms with Gasteiger partial charge in [0.2, 0.25) is 0 Å². The van der Waals surface area contributed by atoms with Gasteiger partial charge in [-0.1, -0.05) is 79.4 Å². The second-order valence-corrected chi connectivity index (χ2v) is 14.2. The van der Waals surface area contributed by atoms with Crippen molar-refractivity contribution in [1.29, 1.82) is 0 Å². The predicted molar refractivity (Wildman–Crippen MR) is 88.2 cm³/mol. The third kappa shape index (κ3) is 4.38. The summed E-state index contributed by atoms with van der Waals surface area (Å²) >= 11 is 0. The fourth-order valence-electron chi connectivity index (χ4n) is 4.12. The molecule has 2 heteroatoms. The molecule has 0 heterocycles. The molecule has 0 unspecified atom stereocenters. The largest absolute Gasteiger partial charge is 0.315 e. The van der Waals surface area contributed by atoms with E-state index in [1.165, 1.54) is 19.0 Å². The van der Waals surface area contributed by atoms with Gasteiger partial charge in [0.1, 0.15) is 0 Å². The summed E-state index contributed by atoms with van der Waals surface area (Å²) in [6, 6.07) is 2.08. The summed E-state index contributed by atoms with van der Waals surface area (Å²) in [5.74, 6) is 0. The summed E-state index contributed by atoms with van der Waals surface area (Å²) in [4.78, 5) is 0. The van der Waals surface area contributed by atoms with Crippen molar-refractivity contribution in [3.63, 3.8) is 0 Å². The van der Waals surface area contributed by atoms with Crippen molar-refractivity contribution in [3.05, 3.63) is 0 Å². The molecule has 0 radical (unpaired) electrons. The molecule has 0 atom stereocenters. The minimum Gasteiger partial charge on any atom is -0.315 e. The molecule has 1 N–H and O–H groups in total. The van der Waals surface area contributed by atoms with Gasteiger partial charge >= 0.3 is 0 Å². The molecule has 110 valence electrons. The first-order valence-corrected chi connectivity index (χ1v) is 10.1. The van der Waals surface area contributed by atoms with Crippen molar-refractivity contribution in [2.24, 2.45) is 0 Å². The van der Waals surface area contributed by atoms with E-state index in [0.717, 1.165) is 11.1 Å². The molecule has 0 fully saturated rings. The number of hydrogen-bond donors (Lipinski definition) is 1. The van der Waals surface area contributed by atoms with Gasteiger partial charge in [-0.15, -0.1) is 0 Å². The van der Waals surface area contributed by atoms with Gasteiger partial charge in [0.15, 0.2) is 0 Å². The van der Waals surface area contributed by atoms with E-state index in [2.05, 4.69) is 67.6 Å².